The maximum Gasteiger partial charge on any atom is 0.0431 e. The van der Waals surface area contributed by atoms with E-state index >= 15 is 0 Å². The van der Waals surface area contributed by atoms with E-state index in [2.05, 4.69) is 52.2 Å². The number of halogens is 1. The quantitative estimate of drug-likeness (QED) is 0.636. The summed E-state index contributed by atoms with van der Waals surface area (Å²) in [5.74, 6) is 0. The molecule has 0 amide bonds. The van der Waals surface area contributed by atoms with Crippen molar-refractivity contribution in [3.8, 4) is 0 Å². The minimum atomic E-state index is 0.533. The highest BCUT2D eigenvalue weighted by molar-refractivity contribution is 14.1. The van der Waals surface area contributed by atoms with Crippen molar-refractivity contribution in [1.82, 2.24) is 5.32 Å². The van der Waals surface area contributed by atoms with Gasteiger partial charge in [-0.2, -0.15) is 0 Å². The standard InChI is InChI=1S/C8H11IN2/c9-8-3-1-2-7(4-8)5-11-6-10/h1-4,11H,5-6,10H2. The second-order valence-corrected chi connectivity index (χ2v) is 3.51. The monoisotopic (exact) mass is 262 g/mol. The number of hydrogen-bond acceptors (Lipinski definition) is 2. The highest BCUT2D eigenvalue weighted by Gasteiger charge is 1.90. The van der Waals surface area contributed by atoms with Crippen molar-refractivity contribution >= 4 is 22.6 Å². The van der Waals surface area contributed by atoms with Crippen LogP contribution < -0.4 is 11.1 Å². The summed E-state index contributed by atoms with van der Waals surface area (Å²) in [4.78, 5) is 0. The maximum absolute atomic E-state index is 5.30. The van der Waals surface area contributed by atoms with Crippen LogP contribution in [0.2, 0.25) is 0 Å². The molecule has 2 nitrogen and oxygen atoms in total. The average Bonchev–Trinajstić information content (AvgIpc) is 2.01. The first-order chi connectivity index (χ1) is 5.33. The molecule has 0 fully saturated rings. The topological polar surface area (TPSA) is 38.0 Å². The largest absolute Gasteiger partial charge is 0.318 e. The summed E-state index contributed by atoms with van der Waals surface area (Å²) in [5, 5.41) is 3.07. The van der Waals surface area contributed by atoms with E-state index in [0.717, 1.165) is 6.54 Å². The van der Waals surface area contributed by atoms with Gasteiger partial charge in [-0.05, 0) is 40.3 Å². The first kappa shape index (κ1) is 8.96. The van der Waals surface area contributed by atoms with Gasteiger partial charge in [0, 0.05) is 16.8 Å². The van der Waals surface area contributed by atoms with E-state index in [1.807, 2.05) is 0 Å². The Bertz CT molecular complexity index is 225. The van der Waals surface area contributed by atoms with Gasteiger partial charge in [0.1, 0.15) is 0 Å². The lowest BCUT2D eigenvalue weighted by Crippen LogP contribution is -2.21. The predicted molar refractivity (Wildman–Crippen MR) is 55.1 cm³/mol. The molecule has 0 radical (unpaired) electrons. The number of hydrogen-bond donors (Lipinski definition) is 2. The summed E-state index contributed by atoms with van der Waals surface area (Å²) in [7, 11) is 0. The van der Waals surface area contributed by atoms with Gasteiger partial charge in [0.05, 0.1) is 0 Å². The Morgan fingerprint density at radius 1 is 1.45 bits per heavy atom. The van der Waals surface area contributed by atoms with Gasteiger partial charge in [-0.3, -0.25) is 0 Å². The van der Waals surface area contributed by atoms with E-state index < -0.39 is 0 Å². The van der Waals surface area contributed by atoms with Gasteiger partial charge in [0.15, 0.2) is 0 Å². The SMILES string of the molecule is NCNCc1cccc(I)c1. The lowest BCUT2D eigenvalue weighted by Gasteiger charge is -2.01. The van der Waals surface area contributed by atoms with Crippen LogP contribution in [-0.4, -0.2) is 6.67 Å². The molecule has 11 heavy (non-hydrogen) atoms. The molecule has 1 aromatic rings. The average molecular weight is 262 g/mol. The molecule has 0 heterocycles. The Labute approximate surface area is 80.3 Å². The van der Waals surface area contributed by atoms with Crippen molar-refractivity contribution < 1.29 is 0 Å². The van der Waals surface area contributed by atoms with Gasteiger partial charge in [0.25, 0.3) is 0 Å². The van der Waals surface area contributed by atoms with Crippen molar-refractivity contribution in [3.05, 3.63) is 33.4 Å². The Morgan fingerprint density at radius 3 is 2.91 bits per heavy atom. The zero-order valence-corrected chi connectivity index (χ0v) is 8.34. The molecule has 0 aromatic heterocycles. The molecule has 1 aromatic carbocycles. The van der Waals surface area contributed by atoms with E-state index in [4.69, 9.17) is 5.73 Å². The Morgan fingerprint density at radius 2 is 2.27 bits per heavy atom. The highest BCUT2D eigenvalue weighted by Crippen LogP contribution is 2.06. The van der Waals surface area contributed by atoms with Crippen molar-refractivity contribution in [2.45, 2.75) is 6.54 Å². The normalized spacial score (nSPS) is 10.0. The van der Waals surface area contributed by atoms with Crippen molar-refractivity contribution in [2.75, 3.05) is 6.67 Å². The summed E-state index contributed by atoms with van der Waals surface area (Å²) >= 11 is 2.30. The van der Waals surface area contributed by atoms with Gasteiger partial charge in [0.2, 0.25) is 0 Å². The van der Waals surface area contributed by atoms with Crippen LogP contribution in [0, 0.1) is 3.57 Å². The Balaban J connectivity index is 2.56. The minimum Gasteiger partial charge on any atom is -0.318 e. The van der Waals surface area contributed by atoms with Crippen LogP contribution in [0.25, 0.3) is 0 Å². The first-order valence-corrected chi connectivity index (χ1v) is 4.56. The van der Waals surface area contributed by atoms with Crippen LogP contribution >= 0.6 is 22.6 Å². The molecular formula is C8H11IN2. The maximum atomic E-state index is 5.30. The fraction of sp³-hybridized carbons (Fsp3) is 0.250. The van der Waals surface area contributed by atoms with Gasteiger partial charge in [-0.25, -0.2) is 0 Å². The molecule has 0 saturated heterocycles. The first-order valence-electron chi connectivity index (χ1n) is 3.48. The molecule has 0 spiro atoms. The summed E-state index contributed by atoms with van der Waals surface area (Å²) in [6, 6.07) is 8.36. The van der Waals surface area contributed by atoms with Gasteiger partial charge in [-0.1, -0.05) is 12.1 Å². The van der Waals surface area contributed by atoms with Crippen molar-refractivity contribution in [1.29, 1.82) is 0 Å². The third-order valence-corrected chi connectivity index (χ3v) is 2.03. The molecule has 0 aliphatic rings. The van der Waals surface area contributed by atoms with Crippen LogP contribution in [-0.2, 0) is 6.54 Å². The fourth-order valence-electron chi connectivity index (χ4n) is 0.863. The molecule has 0 bridgehead atoms. The van der Waals surface area contributed by atoms with E-state index in [-0.39, 0.29) is 0 Å². The Kier molecular flexibility index (Phi) is 3.82. The summed E-state index contributed by atoms with van der Waals surface area (Å²) in [6.45, 7) is 1.39. The molecule has 0 unspecified atom stereocenters. The van der Waals surface area contributed by atoms with Crippen LogP contribution in [0.3, 0.4) is 0 Å². The predicted octanol–water partition coefficient (Wildman–Crippen LogP) is 1.30. The van der Waals surface area contributed by atoms with Gasteiger partial charge < -0.3 is 11.1 Å². The molecule has 0 aliphatic heterocycles. The Hall–Kier alpha value is -0.130. The smallest absolute Gasteiger partial charge is 0.0431 e. The zero-order valence-electron chi connectivity index (χ0n) is 6.18. The molecular weight excluding hydrogens is 251 g/mol. The van der Waals surface area contributed by atoms with E-state index in [1.165, 1.54) is 9.13 Å². The molecule has 3 N–H and O–H groups in total. The van der Waals surface area contributed by atoms with E-state index in [9.17, 15) is 0 Å². The highest BCUT2D eigenvalue weighted by atomic mass is 127. The third kappa shape index (κ3) is 3.18. The van der Waals surface area contributed by atoms with Crippen molar-refractivity contribution in [3.63, 3.8) is 0 Å². The second kappa shape index (κ2) is 4.69. The summed E-state index contributed by atoms with van der Waals surface area (Å²) in [6.07, 6.45) is 0. The number of rotatable bonds is 3. The molecule has 0 aliphatic carbocycles. The fourth-order valence-corrected chi connectivity index (χ4v) is 1.47. The lowest BCUT2D eigenvalue weighted by molar-refractivity contribution is 0.709. The van der Waals surface area contributed by atoms with Crippen LogP contribution in [0.1, 0.15) is 5.56 Å². The number of benzene rings is 1. The van der Waals surface area contributed by atoms with Crippen LogP contribution in [0.15, 0.2) is 24.3 Å². The number of nitrogens with one attached hydrogen (secondary N) is 1. The number of nitrogens with two attached hydrogens (primary N) is 1. The minimum absolute atomic E-state index is 0.533. The molecule has 0 saturated carbocycles. The van der Waals surface area contributed by atoms with Gasteiger partial charge in [-0.15, -0.1) is 0 Å². The summed E-state index contributed by atoms with van der Waals surface area (Å²) < 4.78 is 1.26. The van der Waals surface area contributed by atoms with Gasteiger partial charge >= 0.3 is 0 Å². The summed E-state index contributed by atoms with van der Waals surface area (Å²) in [5.41, 5.74) is 6.58. The van der Waals surface area contributed by atoms with E-state index in [0.29, 0.717) is 6.67 Å². The van der Waals surface area contributed by atoms with Crippen LogP contribution in [0.4, 0.5) is 0 Å². The molecule has 1 rings (SSSR count). The van der Waals surface area contributed by atoms with E-state index in [1.54, 1.807) is 0 Å². The third-order valence-electron chi connectivity index (χ3n) is 1.36. The zero-order chi connectivity index (χ0) is 8.10. The molecule has 3 heteroatoms. The van der Waals surface area contributed by atoms with Crippen LogP contribution in [0.5, 0.6) is 0 Å². The second-order valence-electron chi connectivity index (χ2n) is 2.26. The molecule has 0 atom stereocenters. The molecule has 60 valence electrons. The lowest BCUT2D eigenvalue weighted by atomic mass is 10.2. The van der Waals surface area contributed by atoms with Crippen molar-refractivity contribution in [2.24, 2.45) is 5.73 Å².